The van der Waals surface area contributed by atoms with Crippen molar-refractivity contribution >= 4 is 24.2 Å². The Kier molecular flexibility index (Phi) is 9.09. The molecule has 1 aromatic carbocycles. The van der Waals surface area contributed by atoms with Gasteiger partial charge in [0.25, 0.3) is 5.91 Å². The van der Waals surface area contributed by atoms with Gasteiger partial charge in [-0.05, 0) is 56.2 Å². The molecule has 0 heterocycles. The number of halogens is 1. The lowest BCUT2D eigenvalue weighted by molar-refractivity contribution is -0.124. The number of hydrogen-bond acceptors (Lipinski definition) is 3. The van der Waals surface area contributed by atoms with Crippen LogP contribution in [0.5, 0.6) is 0 Å². The lowest BCUT2D eigenvalue weighted by atomic mass is 9.99. The van der Waals surface area contributed by atoms with Gasteiger partial charge in [-0.15, -0.1) is 12.4 Å². The summed E-state index contributed by atoms with van der Waals surface area (Å²) in [6.45, 7) is 6.60. The summed E-state index contributed by atoms with van der Waals surface area (Å²) in [6.07, 6.45) is 3.74. The third-order valence-corrected chi connectivity index (χ3v) is 5.01. The van der Waals surface area contributed by atoms with E-state index in [9.17, 15) is 9.59 Å². The molecular formula is C20H32ClN3O2. The molecule has 1 aliphatic carbocycles. The molecule has 0 aliphatic heterocycles. The Bertz CT molecular complexity index is 606. The SMILES string of the molecule is Cc1ccccc1C(=O)NC(CC(C)C)C(=O)NC1CCCC1CN.Cl. The van der Waals surface area contributed by atoms with Gasteiger partial charge >= 0.3 is 0 Å². The molecule has 6 heteroatoms. The molecule has 0 saturated heterocycles. The maximum absolute atomic E-state index is 12.8. The van der Waals surface area contributed by atoms with E-state index in [1.807, 2.05) is 25.1 Å². The van der Waals surface area contributed by atoms with E-state index in [1.54, 1.807) is 6.07 Å². The van der Waals surface area contributed by atoms with Crippen molar-refractivity contribution in [1.29, 1.82) is 0 Å². The van der Waals surface area contributed by atoms with Gasteiger partial charge in [0.2, 0.25) is 5.91 Å². The Morgan fingerprint density at radius 1 is 1.23 bits per heavy atom. The third-order valence-electron chi connectivity index (χ3n) is 5.01. The van der Waals surface area contributed by atoms with Gasteiger partial charge in [-0.25, -0.2) is 0 Å². The molecule has 1 fully saturated rings. The van der Waals surface area contributed by atoms with Crippen LogP contribution in [-0.4, -0.2) is 30.4 Å². The lowest BCUT2D eigenvalue weighted by Crippen LogP contribution is -2.51. The molecule has 26 heavy (non-hydrogen) atoms. The van der Waals surface area contributed by atoms with E-state index in [-0.39, 0.29) is 30.3 Å². The quantitative estimate of drug-likeness (QED) is 0.679. The predicted octanol–water partition coefficient (Wildman–Crippen LogP) is 2.80. The molecule has 2 amide bonds. The molecule has 0 bridgehead atoms. The van der Waals surface area contributed by atoms with Crippen molar-refractivity contribution in [2.24, 2.45) is 17.6 Å². The largest absolute Gasteiger partial charge is 0.351 e. The molecule has 5 nitrogen and oxygen atoms in total. The normalized spacial score (nSPS) is 20.3. The van der Waals surface area contributed by atoms with Crippen molar-refractivity contribution in [2.45, 2.75) is 58.5 Å². The Morgan fingerprint density at radius 2 is 1.92 bits per heavy atom. The van der Waals surface area contributed by atoms with Crippen LogP contribution < -0.4 is 16.4 Å². The van der Waals surface area contributed by atoms with E-state index in [2.05, 4.69) is 24.5 Å². The van der Waals surface area contributed by atoms with Gasteiger partial charge in [0.05, 0.1) is 0 Å². The fraction of sp³-hybridized carbons (Fsp3) is 0.600. The topological polar surface area (TPSA) is 84.2 Å². The lowest BCUT2D eigenvalue weighted by Gasteiger charge is -2.25. The Morgan fingerprint density at radius 3 is 2.54 bits per heavy atom. The predicted molar refractivity (Wildman–Crippen MR) is 107 cm³/mol. The summed E-state index contributed by atoms with van der Waals surface area (Å²) in [5, 5.41) is 6.05. The molecule has 3 unspecified atom stereocenters. The van der Waals surface area contributed by atoms with E-state index in [0.29, 0.717) is 30.4 Å². The zero-order chi connectivity index (χ0) is 18.4. The smallest absolute Gasteiger partial charge is 0.252 e. The van der Waals surface area contributed by atoms with Crippen LogP contribution in [0, 0.1) is 18.8 Å². The molecule has 1 saturated carbocycles. The summed E-state index contributed by atoms with van der Waals surface area (Å²) in [5.74, 6) is 0.360. The first-order valence-electron chi connectivity index (χ1n) is 9.29. The highest BCUT2D eigenvalue weighted by molar-refractivity contribution is 5.98. The molecule has 0 spiro atoms. The van der Waals surface area contributed by atoms with Crippen LogP contribution in [0.4, 0.5) is 0 Å². The maximum Gasteiger partial charge on any atom is 0.252 e. The number of hydrogen-bond donors (Lipinski definition) is 3. The Balaban J connectivity index is 0.00000338. The number of rotatable bonds is 7. The second-order valence-corrected chi connectivity index (χ2v) is 7.51. The molecule has 0 aromatic heterocycles. The fourth-order valence-electron chi connectivity index (χ4n) is 3.56. The standard InChI is InChI=1S/C20H31N3O2.ClH/c1-13(2)11-18(20(25)22-17-10-6-8-15(17)12-21)23-19(24)16-9-5-4-7-14(16)3;/h4-5,7,9,13,15,17-18H,6,8,10-12,21H2,1-3H3,(H,22,25)(H,23,24);1H. The van der Waals surface area contributed by atoms with Gasteiger partial charge in [0.15, 0.2) is 0 Å². The number of aryl methyl sites for hydroxylation is 1. The summed E-state index contributed by atoms with van der Waals surface area (Å²) < 4.78 is 0. The van der Waals surface area contributed by atoms with Crippen LogP contribution in [0.2, 0.25) is 0 Å². The van der Waals surface area contributed by atoms with Crippen LogP contribution in [0.15, 0.2) is 24.3 Å². The van der Waals surface area contributed by atoms with Crippen LogP contribution in [0.25, 0.3) is 0 Å². The number of benzene rings is 1. The van der Waals surface area contributed by atoms with Gasteiger partial charge in [-0.2, -0.15) is 0 Å². The van der Waals surface area contributed by atoms with E-state index >= 15 is 0 Å². The van der Waals surface area contributed by atoms with E-state index in [1.165, 1.54) is 0 Å². The summed E-state index contributed by atoms with van der Waals surface area (Å²) >= 11 is 0. The monoisotopic (exact) mass is 381 g/mol. The molecule has 146 valence electrons. The number of nitrogens with two attached hydrogens (primary N) is 1. The van der Waals surface area contributed by atoms with Crippen molar-refractivity contribution < 1.29 is 9.59 Å². The van der Waals surface area contributed by atoms with Crippen molar-refractivity contribution in [3.63, 3.8) is 0 Å². The molecule has 3 atom stereocenters. The minimum atomic E-state index is -0.522. The van der Waals surface area contributed by atoms with Gasteiger partial charge < -0.3 is 16.4 Å². The zero-order valence-corrected chi connectivity index (χ0v) is 16.8. The first-order valence-corrected chi connectivity index (χ1v) is 9.29. The number of nitrogens with one attached hydrogen (secondary N) is 2. The van der Waals surface area contributed by atoms with Gasteiger partial charge in [0.1, 0.15) is 6.04 Å². The highest BCUT2D eigenvalue weighted by Gasteiger charge is 2.30. The molecule has 0 radical (unpaired) electrons. The highest BCUT2D eigenvalue weighted by atomic mass is 35.5. The summed E-state index contributed by atoms with van der Waals surface area (Å²) in [4.78, 5) is 25.4. The van der Waals surface area contributed by atoms with Crippen LogP contribution in [-0.2, 0) is 4.79 Å². The fourth-order valence-corrected chi connectivity index (χ4v) is 3.56. The van der Waals surface area contributed by atoms with Crippen molar-refractivity contribution in [3.8, 4) is 0 Å². The average molecular weight is 382 g/mol. The number of carbonyl (C=O) groups is 2. The zero-order valence-electron chi connectivity index (χ0n) is 16.0. The minimum Gasteiger partial charge on any atom is -0.351 e. The van der Waals surface area contributed by atoms with Crippen molar-refractivity contribution in [1.82, 2.24) is 10.6 Å². The van der Waals surface area contributed by atoms with E-state index < -0.39 is 6.04 Å². The summed E-state index contributed by atoms with van der Waals surface area (Å²) in [6, 6.07) is 7.03. The van der Waals surface area contributed by atoms with Gasteiger partial charge in [-0.3, -0.25) is 9.59 Å². The third kappa shape index (κ3) is 5.99. The second kappa shape index (κ2) is 10.5. The minimum absolute atomic E-state index is 0. The van der Waals surface area contributed by atoms with Crippen LogP contribution >= 0.6 is 12.4 Å². The molecule has 2 rings (SSSR count). The summed E-state index contributed by atoms with van der Waals surface area (Å²) in [7, 11) is 0. The van der Waals surface area contributed by atoms with Crippen molar-refractivity contribution in [2.75, 3.05) is 6.54 Å². The molecular weight excluding hydrogens is 350 g/mol. The Hall–Kier alpha value is -1.59. The first-order chi connectivity index (χ1) is 11.9. The highest BCUT2D eigenvalue weighted by Crippen LogP contribution is 2.24. The van der Waals surface area contributed by atoms with Crippen LogP contribution in [0.1, 0.15) is 55.5 Å². The average Bonchev–Trinajstić information content (AvgIpc) is 3.01. The number of carbonyl (C=O) groups excluding carboxylic acids is 2. The second-order valence-electron chi connectivity index (χ2n) is 7.51. The van der Waals surface area contributed by atoms with Crippen molar-refractivity contribution in [3.05, 3.63) is 35.4 Å². The maximum atomic E-state index is 12.8. The van der Waals surface area contributed by atoms with E-state index in [0.717, 1.165) is 24.8 Å². The van der Waals surface area contributed by atoms with Gasteiger partial charge in [-0.1, -0.05) is 38.5 Å². The van der Waals surface area contributed by atoms with Crippen LogP contribution in [0.3, 0.4) is 0 Å². The molecule has 1 aliphatic rings. The van der Waals surface area contributed by atoms with Gasteiger partial charge in [0, 0.05) is 11.6 Å². The molecule has 1 aromatic rings. The molecule has 4 N–H and O–H groups in total. The first kappa shape index (κ1) is 22.5. The Labute approximate surface area is 162 Å². The summed E-state index contributed by atoms with van der Waals surface area (Å²) in [5.41, 5.74) is 7.33. The van der Waals surface area contributed by atoms with E-state index in [4.69, 9.17) is 5.73 Å². The number of amides is 2.